The van der Waals surface area contributed by atoms with E-state index in [-0.39, 0.29) is 10.0 Å². The Bertz CT molecular complexity index is 664. The molecule has 0 saturated heterocycles. The molecular formula is C12H19N5O2S2. The van der Waals surface area contributed by atoms with Crippen LogP contribution in [0.4, 0.5) is 5.13 Å². The summed E-state index contributed by atoms with van der Waals surface area (Å²) in [6.07, 6.45) is 2.61. The Labute approximate surface area is 128 Å². The first kappa shape index (κ1) is 15.9. The van der Waals surface area contributed by atoms with Crippen LogP contribution in [0.5, 0.6) is 0 Å². The molecule has 2 heterocycles. The smallest absolute Gasteiger partial charge is 0.265 e. The van der Waals surface area contributed by atoms with E-state index in [2.05, 4.69) is 27.2 Å². The van der Waals surface area contributed by atoms with E-state index in [4.69, 9.17) is 0 Å². The molecule has 21 heavy (non-hydrogen) atoms. The van der Waals surface area contributed by atoms with Crippen molar-refractivity contribution in [2.24, 2.45) is 0 Å². The van der Waals surface area contributed by atoms with Crippen LogP contribution in [0.3, 0.4) is 0 Å². The van der Waals surface area contributed by atoms with Crippen LogP contribution in [-0.4, -0.2) is 29.7 Å². The minimum absolute atomic E-state index is 0.249. The molecule has 0 aliphatic heterocycles. The number of anilines is 1. The van der Waals surface area contributed by atoms with Gasteiger partial charge in [0.2, 0.25) is 5.13 Å². The first-order valence-corrected chi connectivity index (χ1v) is 9.11. The van der Waals surface area contributed by atoms with E-state index in [1.54, 1.807) is 12.3 Å². The van der Waals surface area contributed by atoms with E-state index in [9.17, 15) is 8.42 Å². The molecule has 0 fully saturated rings. The van der Waals surface area contributed by atoms with Gasteiger partial charge in [-0.25, -0.2) is 8.42 Å². The number of sulfonamides is 1. The quantitative estimate of drug-likeness (QED) is 0.769. The number of aromatic nitrogens is 3. The van der Waals surface area contributed by atoms with Crippen molar-refractivity contribution in [3.05, 3.63) is 23.5 Å². The van der Waals surface area contributed by atoms with Gasteiger partial charge in [-0.05, 0) is 19.0 Å². The monoisotopic (exact) mass is 329 g/mol. The Morgan fingerprint density at radius 2 is 2.19 bits per heavy atom. The van der Waals surface area contributed by atoms with Crippen LogP contribution >= 0.6 is 11.3 Å². The molecule has 0 aliphatic carbocycles. The van der Waals surface area contributed by atoms with Gasteiger partial charge in [0.25, 0.3) is 10.0 Å². The molecule has 0 aliphatic rings. The molecule has 2 aromatic heterocycles. The van der Waals surface area contributed by atoms with E-state index < -0.39 is 10.0 Å². The highest BCUT2D eigenvalue weighted by molar-refractivity contribution is 7.93. The highest BCUT2D eigenvalue weighted by Crippen LogP contribution is 2.19. The standard InChI is InChI=1S/C12H19N5O2S2/c1-3-5-17-8-11(6-10(17)7-13-4-2)21(18,19)16-12-15-14-9-20-12/h6,8-9,13H,3-5,7H2,1-2H3,(H,15,16). The Hall–Kier alpha value is -1.45. The van der Waals surface area contributed by atoms with Gasteiger partial charge in [-0.2, -0.15) is 0 Å². The lowest BCUT2D eigenvalue weighted by molar-refractivity contribution is 0.598. The molecule has 2 aromatic rings. The summed E-state index contributed by atoms with van der Waals surface area (Å²) in [5.74, 6) is 0. The summed E-state index contributed by atoms with van der Waals surface area (Å²) >= 11 is 1.15. The van der Waals surface area contributed by atoms with Crippen LogP contribution in [0, 0.1) is 0 Å². The number of hydrogen-bond donors (Lipinski definition) is 2. The van der Waals surface area contributed by atoms with Crippen molar-refractivity contribution >= 4 is 26.5 Å². The summed E-state index contributed by atoms with van der Waals surface area (Å²) in [6, 6.07) is 1.70. The summed E-state index contributed by atoms with van der Waals surface area (Å²) < 4.78 is 29.1. The van der Waals surface area contributed by atoms with Crippen molar-refractivity contribution in [2.75, 3.05) is 11.3 Å². The molecule has 2 N–H and O–H groups in total. The van der Waals surface area contributed by atoms with Crippen LogP contribution < -0.4 is 10.0 Å². The average molecular weight is 329 g/mol. The van der Waals surface area contributed by atoms with Crippen LogP contribution in [0.1, 0.15) is 26.0 Å². The van der Waals surface area contributed by atoms with E-state index in [0.717, 1.165) is 36.5 Å². The summed E-state index contributed by atoms with van der Waals surface area (Å²) in [4.78, 5) is 0.249. The highest BCUT2D eigenvalue weighted by atomic mass is 32.2. The molecule has 7 nitrogen and oxygen atoms in total. The second kappa shape index (κ2) is 7.01. The zero-order valence-corrected chi connectivity index (χ0v) is 13.7. The lowest BCUT2D eigenvalue weighted by atomic mass is 10.4. The minimum atomic E-state index is -3.62. The van der Waals surface area contributed by atoms with Crippen molar-refractivity contribution in [2.45, 2.75) is 38.3 Å². The molecule has 116 valence electrons. The molecule has 0 bridgehead atoms. The highest BCUT2D eigenvalue weighted by Gasteiger charge is 2.19. The molecule has 2 rings (SSSR count). The molecule has 0 saturated carbocycles. The predicted molar refractivity (Wildman–Crippen MR) is 82.8 cm³/mol. The van der Waals surface area contributed by atoms with Crippen LogP contribution in [0.25, 0.3) is 0 Å². The fourth-order valence-electron chi connectivity index (χ4n) is 1.91. The third kappa shape index (κ3) is 4.02. The van der Waals surface area contributed by atoms with Gasteiger partial charge < -0.3 is 9.88 Å². The zero-order chi connectivity index (χ0) is 15.3. The van der Waals surface area contributed by atoms with Gasteiger partial charge in [0.05, 0.1) is 0 Å². The lowest BCUT2D eigenvalue weighted by Crippen LogP contribution is -2.15. The lowest BCUT2D eigenvalue weighted by Gasteiger charge is -2.07. The molecule has 0 radical (unpaired) electrons. The average Bonchev–Trinajstić information content (AvgIpc) is 3.06. The maximum Gasteiger partial charge on any atom is 0.265 e. The molecule has 0 spiro atoms. The molecule has 0 aromatic carbocycles. The van der Waals surface area contributed by atoms with E-state index in [1.165, 1.54) is 5.51 Å². The normalized spacial score (nSPS) is 11.7. The fraction of sp³-hybridized carbons (Fsp3) is 0.500. The Morgan fingerprint density at radius 1 is 1.38 bits per heavy atom. The first-order chi connectivity index (χ1) is 10.1. The topological polar surface area (TPSA) is 88.9 Å². The zero-order valence-electron chi connectivity index (χ0n) is 12.0. The first-order valence-electron chi connectivity index (χ1n) is 6.75. The van der Waals surface area contributed by atoms with Crippen molar-refractivity contribution in [3.8, 4) is 0 Å². The van der Waals surface area contributed by atoms with Crippen molar-refractivity contribution in [1.29, 1.82) is 0 Å². The number of nitrogens with one attached hydrogen (secondary N) is 2. The summed E-state index contributed by atoms with van der Waals surface area (Å²) in [5, 5.41) is 10.8. The van der Waals surface area contributed by atoms with Gasteiger partial charge in [0, 0.05) is 25.0 Å². The fourth-order valence-corrected chi connectivity index (χ4v) is 3.67. The Kier molecular flexibility index (Phi) is 5.32. The number of rotatable bonds is 8. The molecule has 0 atom stereocenters. The van der Waals surface area contributed by atoms with Crippen LogP contribution in [-0.2, 0) is 23.1 Å². The largest absolute Gasteiger partial charge is 0.349 e. The van der Waals surface area contributed by atoms with E-state index in [1.807, 2.05) is 11.5 Å². The molecular weight excluding hydrogens is 310 g/mol. The second-order valence-electron chi connectivity index (χ2n) is 4.49. The minimum Gasteiger partial charge on any atom is -0.349 e. The number of aryl methyl sites for hydroxylation is 1. The van der Waals surface area contributed by atoms with E-state index in [0.29, 0.717) is 6.54 Å². The van der Waals surface area contributed by atoms with Gasteiger partial charge in [-0.3, -0.25) is 4.72 Å². The van der Waals surface area contributed by atoms with Gasteiger partial charge in [-0.1, -0.05) is 25.2 Å². The van der Waals surface area contributed by atoms with Gasteiger partial charge in [-0.15, -0.1) is 10.2 Å². The van der Waals surface area contributed by atoms with E-state index >= 15 is 0 Å². The maximum absolute atomic E-state index is 12.3. The van der Waals surface area contributed by atoms with Gasteiger partial charge in [0.1, 0.15) is 10.4 Å². The van der Waals surface area contributed by atoms with Crippen LogP contribution in [0.2, 0.25) is 0 Å². The maximum atomic E-state index is 12.3. The van der Waals surface area contributed by atoms with Crippen LogP contribution in [0.15, 0.2) is 22.7 Å². The summed E-state index contributed by atoms with van der Waals surface area (Å²) in [5.41, 5.74) is 2.44. The summed E-state index contributed by atoms with van der Waals surface area (Å²) in [7, 11) is -3.62. The number of hydrogen-bond acceptors (Lipinski definition) is 6. The predicted octanol–water partition coefficient (Wildman–Crippen LogP) is 1.66. The number of nitrogens with zero attached hydrogens (tertiary/aromatic N) is 3. The Morgan fingerprint density at radius 3 is 2.81 bits per heavy atom. The third-order valence-electron chi connectivity index (χ3n) is 2.87. The molecule has 0 amide bonds. The molecule has 9 heteroatoms. The van der Waals surface area contributed by atoms with Gasteiger partial charge in [0.15, 0.2) is 0 Å². The SMILES string of the molecule is CCCn1cc(S(=O)(=O)Nc2nncs2)cc1CNCC. The van der Waals surface area contributed by atoms with Crippen molar-refractivity contribution in [1.82, 2.24) is 20.1 Å². The van der Waals surface area contributed by atoms with Gasteiger partial charge >= 0.3 is 0 Å². The Balaban J connectivity index is 2.25. The third-order valence-corrected chi connectivity index (χ3v) is 4.92. The van der Waals surface area contributed by atoms with Crippen molar-refractivity contribution in [3.63, 3.8) is 0 Å². The molecule has 0 unspecified atom stereocenters. The summed E-state index contributed by atoms with van der Waals surface area (Å²) in [6.45, 7) is 6.34. The second-order valence-corrected chi connectivity index (χ2v) is 7.01. The van der Waals surface area contributed by atoms with Crippen molar-refractivity contribution < 1.29 is 8.42 Å².